The zero-order chi connectivity index (χ0) is 14.5. The summed E-state index contributed by atoms with van der Waals surface area (Å²) in [4.78, 5) is 12.2. The van der Waals surface area contributed by atoms with Crippen molar-refractivity contribution < 1.29 is 4.79 Å². The number of amides is 1. The summed E-state index contributed by atoms with van der Waals surface area (Å²) in [5.74, 6) is 0.347. The normalized spacial score (nSPS) is 22.6. The van der Waals surface area contributed by atoms with Crippen LogP contribution in [0.25, 0.3) is 0 Å². The van der Waals surface area contributed by atoms with Gasteiger partial charge in [-0.25, -0.2) is 0 Å². The number of halogens is 2. The maximum Gasteiger partial charge on any atom is 0.224 e. The molecular weight excluding hydrogens is 295 g/mol. The lowest BCUT2D eigenvalue weighted by molar-refractivity contribution is -0.121. The average Bonchev–Trinajstić information content (AvgIpc) is 2.44. The van der Waals surface area contributed by atoms with Gasteiger partial charge in [0.1, 0.15) is 0 Å². The first kappa shape index (κ1) is 15.6. The minimum atomic E-state index is -0.0367. The van der Waals surface area contributed by atoms with Crippen molar-refractivity contribution in [2.24, 2.45) is 11.7 Å². The summed E-state index contributed by atoms with van der Waals surface area (Å²) in [5, 5.41) is 4.15. The molecule has 2 unspecified atom stereocenters. The molecule has 110 valence electrons. The van der Waals surface area contributed by atoms with Crippen molar-refractivity contribution in [2.75, 3.05) is 6.54 Å². The molecule has 3 N–H and O–H groups in total. The zero-order valence-electron chi connectivity index (χ0n) is 11.4. The second-order valence-electron chi connectivity index (χ2n) is 5.33. The molecule has 5 heteroatoms. The third-order valence-electron chi connectivity index (χ3n) is 3.96. The molecule has 1 amide bonds. The number of nitrogens with one attached hydrogen (secondary N) is 1. The van der Waals surface area contributed by atoms with Crippen LogP contribution in [0.1, 0.15) is 31.2 Å². The number of benzene rings is 1. The third kappa shape index (κ3) is 3.87. The summed E-state index contributed by atoms with van der Waals surface area (Å²) < 4.78 is 0. The maximum atomic E-state index is 12.2. The van der Waals surface area contributed by atoms with Gasteiger partial charge in [0.15, 0.2) is 0 Å². The second kappa shape index (κ2) is 7.30. The third-order valence-corrected chi connectivity index (χ3v) is 4.67. The van der Waals surface area contributed by atoms with Crippen LogP contribution in [0, 0.1) is 5.92 Å². The number of hydrogen-bond acceptors (Lipinski definition) is 2. The Morgan fingerprint density at radius 1 is 1.25 bits per heavy atom. The van der Waals surface area contributed by atoms with E-state index >= 15 is 0 Å². The summed E-state index contributed by atoms with van der Waals surface area (Å²) in [5.41, 5.74) is 6.47. The van der Waals surface area contributed by atoms with Crippen molar-refractivity contribution in [3.63, 3.8) is 0 Å². The van der Waals surface area contributed by atoms with Gasteiger partial charge >= 0.3 is 0 Å². The molecule has 0 saturated heterocycles. The highest BCUT2D eigenvalue weighted by atomic mass is 35.5. The first-order valence-electron chi connectivity index (χ1n) is 7.04. The van der Waals surface area contributed by atoms with Crippen molar-refractivity contribution in [3.05, 3.63) is 33.8 Å². The van der Waals surface area contributed by atoms with Crippen LogP contribution >= 0.6 is 23.2 Å². The number of hydrogen-bond donors (Lipinski definition) is 2. The van der Waals surface area contributed by atoms with Gasteiger partial charge in [0.25, 0.3) is 0 Å². The highest BCUT2D eigenvalue weighted by Gasteiger charge is 2.25. The molecule has 3 nitrogen and oxygen atoms in total. The van der Waals surface area contributed by atoms with Crippen molar-refractivity contribution in [1.29, 1.82) is 0 Å². The van der Waals surface area contributed by atoms with Crippen LogP contribution in [-0.4, -0.2) is 18.5 Å². The molecule has 1 aromatic rings. The van der Waals surface area contributed by atoms with Gasteiger partial charge in [-0.3, -0.25) is 4.79 Å². The Labute approximate surface area is 129 Å². The van der Waals surface area contributed by atoms with E-state index < -0.39 is 0 Å². The summed E-state index contributed by atoms with van der Waals surface area (Å²) >= 11 is 12.2. The van der Waals surface area contributed by atoms with Gasteiger partial charge in [0.05, 0.1) is 6.42 Å². The molecule has 2 atom stereocenters. The number of carbonyl (C=O) groups is 1. The Kier molecular flexibility index (Phi) is 5.70. The molecule has 1 fully saturated rings. The molecule has 0 bridgehead atoms. The summed E-state index contributed by atoms with van der Waals surface area (Å²) in [7, 11) is 0. The molecule has 20 heavy (non-hydrogen) atoms. The van der Waals surface area contributed by atoms with Gasteiger partial charge in [-0.15, -0.1) is 0 Å². The molecule has 2 rings (SSSR count). The topological polar surface area (TPSA) is 55.1 Å². The zero-order valence-corrected chi connectivity index (χ0v) is 12.9. The SMILES string of the molecule is NCC1CCCCC1NC(=O)Cc1c(Cl)cccc1Cl. The van der Waals surface area contributed by atoms with Crippen molar-refractivity contribution in [1.82, 2.24) is 5.32 Å². The standard InChI is InChI=1S/C15H20Cl2N2O/c16-12-5-3-6-13(17)11(12)8-15(20)19-14-7-2-1-4-10(14)9-18/h3,5-6,10,14H,1-2,4,7-9,18H2,(H,19,20). The van der Waals surface area contributed by atoms with E-state index in [-0.39, 0.29) is 18.4 Å². The average molecular weight is 315 g/mol. The van der Waals surface area contributed by atoms with Crippen LogP contribution in [-0.2, 0) is 11.2 Å². The summed E-state index contributed by atoms with van der Waals surface area (Å²) in [6.07, 6.45) is 4.66. The molecule has 0 spiro atoms. The smallest absolute Gasteiger partial charge is 0.224 e. The number of rotatable bonds is 4. The van der Waals surface area contributed by atoms with E-state index in [0.29, 0.717) is 28.1 Å². The van der Waals surface area contributed by atoms with Crippen molar-refractivity contribution in [3.8, 4) is 0 Å². The van der Waals surface area contributed by atoms with Crippen LogP contribution in [0.15, 0.2) is 18.2 Å². The molecule has 1 aliphatic rings. The van der Waals surface area contributed by atoms with Crippen molar-refractivity contribution in [2.45, 2.75) is 38.1 Å². The maximum absolute atomic E-state index is 12.2. The fourth-order valence-corrected chi connectivity index (χ4v) is 3.33. The molecule has 1 saturated carbocycles. The number of nitrogens with two attached hydrogens (primary N) is 1. The first-order chi connectivity index (χ1) is 9.61. The van der Waals surface area contributed by atoms with Crippen molar-refractivity contribution >= 4 is 29.1 Å². The molecule has 0 aromatic heterocycles. The van der Waals surface area contributed by atoms with Gasteiger partial charge in [-0.05, 0) is 43.0 Å². The number of carbonyl (C=O) groups excluding carboxylic acids is 1. The molecule has 1 aliphatic carbocycles. The van der Waals surface area contributed by atoms with E-state index in [0.717, 1.165) is 19.3 Å². The van der Waals surface area contributed by atoms with Gasteiger partial charge in [0, 0.05) is 16.1 Å². The molecule has 0 radical (unpaired) electrons. The lowest BCUT2D eigenvalue weighted by Crippen LogP contribution is -2.45. The fourth-order valence-electron chi connectivity index (χ4n) is 2.80. The van der Waals surface area contributed by atoms with Crippen LogP contribution in [0.2, 0.25) is 10.0 Å². The van der Waals surface area contributed by atoms with Crippen LogP contribution in [0.3, 0.4) is 0 Å². The highest BCUT2D eigenvalue weighted by molar-refractivity contribution is 6.36. The predicted molar refractivity (Wildman–Crippen MR) is 83.1 cm³/mol. The molecule has 0 aliphatic heterocycles. The minimum Gasteiger partial charge on any atom is -0.353 e. The van der Waals surface area contributed by atoms with E-state index in [2.05, 4.69) is 5.32 Å². The first-order valence-corrected chi connectivity index (χ1v) is 7.79. The van der Waals surface area contributed by atoms with Crippen LogP contribution in [0.5, 0.6) is 0 Å². The monoisotopic (exact) mass is 314 g/mol. The van der Waals surface area contributed by atoms with Gasteiger partial charge in [-0.1, -0.05) is 42.1 Å². The molecule has 0 heterocycles. The summed E-state index contributed by atoms with van der Waals surface area (Å²) in [6, 6.07) is 5.46. The van der Waals surface area contributed by atoms with Crippen LogP contribution < -0.4 is 11.1 Å². The van der Waals surface area contributed by atoms with Gasteiger partial charge in [0.2, 0.25) is 5.91 Å². The Bertz CT molecular complexity index is 459. The minimum absolute atomic E-state index is 0.0367. The largest absolute Gasteiger partial charge is 0.353 e. The van der Waals surface area contributed by atoms with E-state index in [1.807, 2.05) is 0 Å². The second-order valence-corrected chi connectivity index (χ2v) is 6.15. The lowest BCUT2D eigenvalue weighted by atomic mass is 9.84. The molecular formula is C15H20Cl2N2O. The Balaban J connectivity index is 1.98. The van der Waals surface area contributed by atoms with Crippen LogP contribution in [0.4, 0.5) is 0 Å². The van der Waals surface area contributed by atoms with Gasteiger partial charge in [-0.2, -0.15) is 0 Å². The summed E-state index contributed by atoms with van der Waals surface area (Å²) in [6.45, 7) is 0.623. The van der Waals surface area contributed by atoms with E-state index in [4.69, 9.17) is 28.9 Å². The van der Waals surface area contributed by atoms with E-state index in [1.54, 1.807) is 18.2 Å². The quantitative estimate of drug-likeness (QED) is 0.896. The predicted octanol–water partition coefficient (Wildman–Crippen LogP) is 3.17. The van der Waals surface area contributed by atoms with Gasteiger partial charge < -0.3 is 11.1 Å². The highest BCUT2D eigenvalue weighted by Crippen LogP contribution is 2.26. The van der Waals surface area contributed by atoms with E-state index in [9.17, 15) is 4.79 Å². The fraction of sp³-hybridized carbons (Fsp3) is 0.533. The Hall–Kier alpha value is -0.770. The van der Waals surface area contributed by atoms with E-state index in [1.165, 1.54) is 6.42 Å². The molecule has 1 aromatic carbocycles. The Morgan fingerprint density at radius 2 is 1.90 bits per heavy atom. The lowest BCUT2D eigenvalue weighted by Gasteiger charge is -2.31. The Morgan fingerprint density at radius 3 is 2.55 bits per heavy atom.